The quantitative estimate of drug-likeness (QED) is 0.193. The summed E-state index contributed by atoms with van der Waals surface area (Å²) in [6.07, 6.45) is 3.18. The van der Waals surface area contributed by atoms with Crippen molar-refractivity contribution in [3.05, 3.63) is 76.0 Å². The molecule has 0 aliphatic heterocycles. The molecule has 0 unspecified atom stereocenters. The number of allylic oxidation sites excluding steroid dienone is 1. The monoisotopic (exact) mass is 504 g/mol. The number of amides is 1. The number of halogens is 2. The first-order valence-corrected chi connectivity index (χ1v) is 12.2. The van der Waals surface area contributed by atoms with Crippen molar-refractivity contribution in [2.24, 2.45) is 0 Å². The second-order valence-corrected chi connectivity index (χ2v) is 9.27. The Bertz CT molecular complexity index is 1130. The topological polar surface area (TPSA) is 69.0 Å². The van der Waals surface area contributed by atoms with E-state index in [1.807, 2.05) is 36.6 Å². The molecule has 0 saturated carbocycles. The highest BCUT2D eigenvalue weighted by Gasteiger charge is 2.14. The maximum Gasteiger partial charge on any atom is 0.234 e. The normalized spacial score (nSPS) is 10.8. The van der Waals surface area contributed by atoms with Crippen LogP contribution in [0.2, 0.25) is 10.0 Å². The van der Waals surface area contributed by atoms with Gasteiger partial charge in [-0.3, -0.25) is 4.79 Å². The molecule has 1 heterocycles. The van der Waals surface area contributed by atoms with Crippen LogP contribution in [0, 0.1) is 13.8 Å². The predicted octanol–water partition coefficient (Wildman–Crippen LogP) is 6.13. The summed E-state index contributed by atoms with van der Waals surface area (Å²) in [6.45, 7) is 8.87. The third-order valence-electron chi connectivity index (χ3n) is 4.79. The van der Waals surface area contributed by atoms with E-state index in [9.17, 15) is 4.79 Å². The van der Waals surface area contributed by atoms with Gasteiger partial charge < -0.3 is 14.6 Å². The summed E-state index contributed by atoms with van der Waals surface area (Å²) in [5, 5.41) is 13.3. The lowest BCUT2D eigenvalue weighted by Gasteiger charge is -2.10. The van der Waals surface area contributed by atoms with Crippen molar-refractivity contribution in [2.75, 3.05) is 17.7 Å². The number of carbonyl (C=O) groups is 1. The minimum atomic E-state index is -0.0881. The van der Waals surface area contributed by atoms with Crippen LogP contribution < -0.4 is 10.1 Å². The summed E-state index contributed by atoms with van der Waals surface area (Å²) in [5.74, 6) is 1.56. The molecule has 1 aromatic heterocycles. The molecule has 1 amide bonds. The zero-order chi connectivity index (χ0) is 23.8. The summed E-state index contributed by atoms with van der Waals surface area (Å²) in [7, 11) is 0. The van der Waals surface area contributed by atoms with Gasteiger partial charge >= 0.3 is 0 Å². The summed E-state index contributed by atoms with van der Waals surface area (Å²) in [5.41, 5.74) is 3.01. The Morgan fingerprint density at radius 1 is 1.21 bits per heavy atom. The van der Waals surface area contributed by atoms with Gasteiger partial charge in [0.2, 0.25) is 5.91 Å². The number of hydrogen-bond donors (Lipinski definition) is 1. The summed E-state index contributed by atoms with van der Waals surface area (Å²) in [4.78, 5) is 12.4. The van der Waals surface area contributed by atoms with E-state index in [2.05, 4.69) is 22.1 Å². The van der Waals surface area contributed by atoms with E-state index in [1.54, 1.807) is 24.3 Å². The Hall–Kier alpha value is -2.48. The predicted molar refractivity (Wildman–Crippen MR) is 136 cm³/mol. The van der Waals surface area contributed by atoms with Crippen molar-refractivity contribution in [3.8, 4) is 5.75 Å². The van der Waals surface area contributed by atoms with Crippen LogP contribution in [0.5, 0.6) is 5.75 Å². The van der Waals surface area contributed by atoms with Gasteiger partial charge in [-0.15, -0.1) is 16.8 Å². The van der Waals surface area contributed by atoms with E-state index in [1.165, 1.54) is 11.8 Å². The third-order valence-corrected chi connectivity index (χ3v) is 6.29. The number of ether oxygens (including phenoxy) is 1. The van der Waals surface area contributed by atoms with Crippen LogP contribution in [0.3, 0.4) is 0 Å². The Morgan fingerprint density at radius 2 is 2.03 bits per heavy atom. The number of thioether (sulfide) groups is 1. The average molecular weight is 505 g/mol. The second kappa shape index (κ2) is 12.1. The summed E-state index contributed by atoms with van der Waals surface area (Å²) < 4.78 is 7.72. The van der Waals surface area contributed by atoms with Gasteiger partial charge in [-0.05, 0) is 50.1 Å². The van der Waals surface area contributed by atoms with Crippen LogP contribution in [0.25, 0.3) is 0 Å². The van der Waals surface area contributed by atoms with Gasteiger partial charge in [0, 0.05) is 23.7 Å². The Labute approximate surface area is 208 Å². The van der Waals surface area contributed by atoms with E-state index < -0.39 is 0 Å². The second-order valence-electron chi connectivity index (χ2n) is 7.48. The van der Waals surface area contributed by atoms with Crippen molar-refractivity contribution in [1.29, 1.82) is 0 Å². The van der Waals surface area contributed by atoms with E-state index in [4.69, 9.17) is 27.9 Å². The lowest BCUT2D eigenvalue weighted by Crippen LogP contribution is -2.15. The van der Waals surface area contributed by atoms with Gasteiger partial charge in [-0.1, -0.05) is 58.7 Å². The van der Waals surface area contributed by atoms with Crippen molar-refractivity contribution >= 4 is 46.6 Å². The highest BCUT2D eigenvalue weighted by Crippen LogP contribution is 2.27. The average Bonchev–Trinajstić information content (AvgIpc) is 3.15. The van der Waals surface area contributed by atoms with Crippen molar-refractivity contribution in [1.82, 2.24) is 14.8 Å². The summed E-state index contributed by atoms with van der Waals surface area (Å²) in [6, 6.07) is 11.1. The molecule has 0 atom stereocenters. The third kappa shape index (κ3) is 7.25. The zero-order valence-corrected chi connectivity index (χ0v) is 20.9. The molecule has 0 aliphatic rings. The largest absolute Gasteiger partial charge is 0.492 e. The molecular formula is C24H26Cl2N4O2S. The van der Waals surface area contributed by atoms with Gasteiger partial charge in [-0.25, -0.2) is 0 Å². The number of nitrogens with zero attached hydrogens (tertiary/aromatic N) is 3. The van der Waals surface area contributed by atoms with Gasteiger partial charge in [0.25, 0.3) is 0 Å². The highest BCUT2D eigenvalue weighted by molar-refractivity contribution is 7.99. The molecule has 0 radical (unpaired) electrons. The molecule has 0 saturated heterocycles. The van der Waals surface area contributed by atoms with Crippen LogP contribution >= 0.6 is 35.0 Å². The number of carbonyl (C=O) groups excluding carboxylic acids is 1. The first kappa shape index (κ1) is 25.1. The molecule has 1 N–H and O–H groups in total. The van der Waals surface area contributed by atoms with Crippen molar-refractivity contribution in [2.45, 2.75) is 38.4 Å². The van der Waals surface area contributed by atoms with E-state index in [0.29, 0.717) is 40.5 Å². The Morgan fingerprint density at radius 3 is 2.76 bits per heavy atom. The first-order valence-electron chi connectivity index (χ1n) is 10.5. The fourth-order valence-electron chi connectivity index (χ4n) is 3.20. The Balaban J connectivity index is 1.53. The number of nitrogens with one attached hydrogen (secondary N) is 1. The standard InChI is InChI=1S/C24H26Cl2N4O2S/c1-4-11-30-22(6-5-12-32-21-10-8-18(25)14-19(21)26)28-29-24(30)33-15-23(31)27-20-9-7-16(2)13-17(20)3/h4,7-10,13-14H,1,5-6,11-12,15H2,2-3H3,(H,27,31). The molecule has 3 aromatic rings. The molecule has 0 aliphatic carbocycles. The van der Waals surface area contributed by atoms with Crippen LogP contribution in [0.1, 0.15) is 23.4 Å². The van der Waals surface area contributed by atoms with Crippen LogP contribution in [-0.2, 0) is 17.8 Å². The fourth-order valence-corrected chi connectivity index (χ4v) is 4.43. The molecule has 174 valence electrons. The zero-order valence-electron chi connectivity index (χ0n) is 18.6. The number of hydrogen-bond acceptors (Lipinski definition) is 5. The van der Waals surface area contributed by atoms with Gasteiger partial charge in [0.15, 0.2) is 5.16 Å². The smallest absolute Gasteiger partial charge is 0.234 e. The van der Waals surface area contributed by atoms with Gasteiger partial charge in [-0.2, -0.15) is 0 Å². The number of rotatable bonds is 11. The van der Waals surface area contributed by atoms with E-state index >= 15 is 0 Å². The van der Waals surface area contributed by atoms with Crippen LogP contribution in [0.4, 0.5) is 5.69 Å². The number of benzene rings is 2. The highest BCUT2D eigenvalue weighted by atomic mass is 35.5. The number of anilines is 1. The van der Waals surface area contributed by atoms with Gasteiger partial charge in [0.05, 0.1) is 17.4 Å². The Kier molecular flexibility index (Phi) is 9.23. The SMILES string of the molecule is C=CCn1c(CCCOc2ccc(Cl)cc2Cl)nnc1SCC(=O)Nc1ccc(C)cc1C. The molecular weight excluding hydrogens is 479 g/mol. The maximum atomic E-state index is 12.4. The van der Waals surface area contributed by atoms with Crippen molar-refractivity contribution in [3.63, 3.8) is 0 Å². The van der Waals surface area contributed by atoms with Gasteiger partial charge in [0.1, 0.15) is 11.6 Å². The molecule has 33 heavy (non-hydrogen) atoms. The molecule has 6 nitrogen and oxygen atoms in total. The minimum absolute atomic E-state index is 0.0881. The minimum Gasteiger partial charge on any atom is -0.492 e. The lowest BCUT2D eigenvalue weighted by atomic mass is 10.1. The van der Waals surface area contributed by atoms with E-state index in [-0.39, 0.29) is 11.7 Å². The fraction of sp³-hybridized carbons (Fsp3) is 0.292. The number of aromatic nitrogens is 3. The maximum absolute atomic E-state index is 12.4. The molecule has 2 aromatic carbocycles. The molecule has 3 rings (SSSR count). The molecule has 0 bridgehead atoms. The molecule has 0 fully saturated rings. The van der Waals surface area contributed by atoms with Crippen LogP contribution in [-0.4, -0.2) is 33.0 Å². The lowest BCUT2D eigenvalue weighted by molar-refractivity contribution is -0.113. The van der Waals surface area contributed by atoms with Crippen LogP contribution in [0.15, 0.2) is 54.2 Å². The molecule has 0 spiro atoms. The van der Waals surface area contributed by atoms with Crippen molar-refractivity contribution < 1.29 is 9.53 Å². The first-order chi connectivity index (χ1) is 15.9. The summed E-state index contributed by atoms with van der Waals surface area (Å²) >= 11 is 13.4. The van der Waals surface area contributed by atoms with E-state index in [0.717, 1.165) is 29.1 Å². The molecule has 9 heteroatoms. The number of aryl methyl sites for hydroxylation is 3.